The molecule has 0 spiro atoms. The van der Waals surface area contributed by atoms with Crippen LogP contribution in [0.2, 0.25) is 5.02 Å². The number of sulfonamides is 1. The summed E-state index contributed by atoms with van der Waals surface area (Å²) in [6.45, 7) is 0. The molecule has 0 aliphatic rings. The van der Waals surface area contributed by atoms with Gasteiger partial charge in [0, 0.05) is 6.20 Å². The van der Waals surface area contributed by atoms with Gasteiger partial charge in [-0.05, 0) is 6.07 Å². The van der Waals surface area contributed by atoms with E-state index in [2.05, 4.69) is 4.98 Å². The molecule has 0 amide bonds. The third-order valence-corrected chi connectivity index (χ3v) is 2.80. The maximum absolute atomic E-state index is 10.9. The highest BCUT2D eigenvalue weighted by molar-refractivity contribution is 7.85. The van der Waals surface area contributed by atoms with Gasteiger partial charge in [-0.2, -0.15) is 8.42 Å². The molecule has 1 aromatic rings. The molecule has 1 rings (SSSR count). The van der Waals surface area contributed by atoms with E-state index in [0.29, 0.717) is 0 Å². The molecule has 0 radical (unpaired) electrons. The number of pyridine rings is 1. The maximum Gasteiger partial charge on any atom is 0.326 e. The zero-order chi connectivity index (χ0) is 9.19. The number of aromatic nitrogens is 1. The average Bonchev–Trinajstić information content (AvgIpc) is 2.05. The minimum atomic E-state index is -3.90. The van der Waals surface area contributed by atoms with Crippen molar-refractivity contribution in [2.75, 3.05) is 0 Å². The van der Waals surface area contributed by atoms with Crippen molar-refractivity contribution in [2.24, 2.45) is 0 Å². The summed E-state index contributed by atoms with van der Waals surface area (Å²) in [5.41, 5.74) is 0. The van der Waals surface area contributed by atoms with Gasteiger partial charge in [0.15, 0.2) is 4.90 Å². The van der Waals surface area contributed by atoms with Crippen LogP contribution < -0.4 is 4.89 Å². The van der Waals surface area contributed by atoms with Gasteiger partial charge in [-0.1, -0.05) is 11.6 Å². The van der Waals surface area contributed by atoms with Gasteiger partial charge in [-0.25, -0.2) is 0 Å². The molecule has 66 valence electrons. The van der Waals surface area contributed by atoms with Crippen molar-refractivity contribution in [3.63, 3.8) is 0 Å². The summed E-state index contributed by atoms with van der Waals surface area (Å²) in [5.74, 6) is 0. The lowest BCUT2D eigenvalue weighted by Crippen LogP contribution is -2.80. The second-order valence-corrected chi connectivity index (χ2v) is 4.08. The van der Waals surface area contributed by atoms with E-state index in [4.69, 9.17) is 11.6 Å². The fourth-order valence-electron chi connectivity index (χ4n) is 0.624. The van der Waals surface area contributed by atoms with E-state index in [0.717, 1.165) is 6.20 Å². The number of hydrogen-bond acceptors (Lipinski definition) is 4. The lowest BCUT2D eigenvalue weighted by molar-refractivity contribution is -0.416. The van der Waals surface area contributed by atoms with Crippen LogP contribution in [-0.2, 0) is 10.0 Å². The fraction of sp³-hybridized carbons (Fsp3) is 0. The summed E-state index contributed by atoms with van der Waals surface area (Å²) in [4.78, 5) is 3.12. The van der Waals surface area contributed by atoms with Crippen LogP contribution in [0.25, 0.3) is 0 Å². The van der Waals surface area contributed by atoms with Crippen molar-refractivity contribution in [2.45, 2.75) is 4.90 Å². The second kappa shape index (κ2) is 3.36. The monoisotopic (exact) mass is 208 g/mol. The normalized spacial score (nSPS) is 11.5. The Kier molecular flexibility index (Phi) is 2.63. The van der Waals surface area contributed by atoms with Crippen LogP contribution in [0.4, 0.5) is 0 Å². The molecule has 2 N–H and O–H groups in total. The first-order valence-corrected chi connectivity index (χ1v) is 4.80. The van der Waals surface area contributed by atoms with Crippen LogP contribution in [-0.4, -0.2) is 13.4 Å². The Balaban J connectivity index is 3.30. The molecule has 0 saturated carbocycles. The van der Waals surface area contributed by atoms with Gasteiger partial charge in [-0.15, -0.1) is 0 Å². The molecular weight excluding hydrogens is 204 g/mol. The predicted octanol–water partition coefficient (Wildman–Crippen LogP) is -0.515. The number of nitrogens with two attached hydrogens (primary N) is 1. The van der Waals surface area contributed by atoms with Crippen molar-refractivity contribution in [1.29, 1.82) is 0 Å². The fourth-order valence-corrected chi connectivity index (χ4v) is 1.70. The molecule has 0 unspecified atom stereocenters. The standard InChI is InChI=1S/C5H5ClN2O3S/c6-4-1-2-7-3-5(4)12(10,11)8-9/h1-3H,8H2. The molecule has 12 heavy (non-hydrogen) atoms. The van der Waals surface area contributed by atoms with E-state index in [-0.39, 0.29) is 14.8 Å². The second-order valence-electron chi connectivity index (χ2n) is 1.95. The van der Waals surface area contributed by atoms with Crippen LogP contribution in [0, 0.1) is 5.21 Å². The molecule has 1 heterocycles. The van der Waals surface area contributed by atoms with Gasteiger partial charge in [0.05, 0.1) is 11.2 Å². The van der Waals surface area contributed by atoms with Gasteiger partial charge in [0.2, 0.25) is 0 Å². The summed E-state index contributed by atoms with van der Waals surface area (Å²) < 4.78 is 21.9. The van der Waals surface area contributed by atoms with Crippen LogP contribution in [0.15, 0.2) is 23.4 Å². The van der Waals surface area contributed by atoms with E-state index in [1.807, 2.05) is 0 Å². The van der Waals surface area contributed by atoms with E-state index >= 15 is 0 Å². The van der Waals surface area contributed by atoms with E-state index in [1.165, 1.54) is 12.3 Å². The minimum absolute atomic E-state index is 0.00269. The number of halogens is 1. The van der Waals surface area contributed by atoms with Crippen LogP contribution >= 0.6 is 11.6 Å². The molecule has 5 nitrogen and oxygen atoms in total. The molecule has 0 fully saturated rings. The molecular formula is C5H5ClN2O3S. The Bertz CT molecular complexity index is 378. The van der Waals surface area contributed by atoms with Gasteiger partial charge in [-0.3, -0.25) is 9.87 Å². The molecule has 1 aromatic heterocycles. The average molecular weight is 209 g/mol. The zero-order valence-electron chi connectivity index (χ0n) is 5.77. The Morgan fingerprint density at radius 1 is 1.58 bits per heavy atom. The van der Waals surface area contributed by atoms with Crippen molar-refractivity contribution >= 4 is 21.6 Å². The maximum atomic E-state index is 10.9. The lowest BCUT2D eigenvalue weighted by Gasteiger charge is -2.03. The first-order chi connectivity index (χ1) is 5.58. The highest BCUT2D eigenvalue weighted by Gasteiger charge is 2.17. The molecule has 0 aromatic carbocycles. The van der Waals surface area contributed by atoms with E-state index < -0.39 is 10.0 Å². The third kappa shape index (κ3) is 1.72. The highest BCUT2D eigenvalue weighted by atomic mass is 35.5. The minimum Gasteiger partial charge on any atom is -0.620 e. The number of hydrogen-bond donors (Lipinski definition) is 1. The van der Waals surface area contributed by atoms with E-state index in [9.17, 15) is 13.6 Å². The van der Waals surface area contributed by atoms with Gasteiger partial charge >= 0.3 is 10.0 Å². The van der Waals surface area contributed by atoms with Crippen LogP contribution in [0.1, 0.15) is 0 Å². The topological polar surface area (TPSA) is 86.7 Å². The van der Waals surface area contributed by atoms with Gasteiger partial charge in [0.1, 0.15) is 0 Å². The number of primary sulfonamides is 1. The SMILES string of the molecule is O=S(=O)([NH2+][O-])c1cnccc1Cl. The summed E-state index contributed by atoms with van der Waals surface area (Å²) in [6, 6.07) is 1.30. The molecule has 0 bridgehead atoms. The molecule has 0 aliphatic heterocycles. The number of quaternary nitrogens is 1. The Hall–Kier alpha value is -0.690. The molecule has 0 saturated heterocycles. The van der Waals surface area contributed by atoms with Crippen LogP contribution in [0.5, 0.6) is 0 Å². The number of rotatable bonds is 2. The quantitative estimate of drug-likeness (QED) is 0.663. The Morgan fingerprint density at radius 2 is 2.25 bits per heavy atom. The third-order valence-electron chi connectivity index (χ3n) is 1.17. The summed E-state index contributed by atoms with van der Waals surface area (Å²) in [5, 5.41) is 10.1. The lowest BCUT2D eigenvalue weighted by atomic mass is 10.5. The first-order valence-electron chi connectivity index (χ1n) is 2.87. The molecule has 0 aliphatic carbocycles. The van der Waals surface area contributed by atoms with E-state index in [1.54, 1.807) is 0 Å². The molecule has 0 atom stereocenters. The predicted molar refractivity (Wildman–Crippen MR) is 41.7 cm³/mol. The van der Waals surface area contributed by atoms with Crippen molar-refractivity contribution in [1.82, 2.24) is 4.98 Å². The highest BCUT2D eigenvalue weighted by Crippen LogP contribution is 2.16. The summed E-state index contributed by atoms with van der Waals surface area (Å²) in [7, 11) is -3.90. The Labute approximate surface area is 74.0 Å². The largest absolute Gasteiger partial charge is 0.620 e. The zero-order valence-corrected chi connectivity index (χ0v) is 7.34. The van der Waals surface area contributed by atoms with Crippen LogP contribution in [0.3, 0.4) is 0 Å². The smallest absolute Gasteiger partial charge is 0.326 e. The van der Waals surface area contributed by atoms with Gasteiger partial charge < -0.3 is 5.21 Å². The van der Waals surface area contributed by atoms with Gasteiger partial charge in [0.25, 0.3) is 0 Å². The van der Waals surface area contributed by atoms with Crippen molar-refractivity contribution in [3.05, 3.63) is 28.7 Å². The van der Waals surface area contributed by atoms with Crippen molar-refractivity contribution < 1.29 is 13.3 Å². The summed E-state index contributed by atoms with van der Waals surface area (Å²) in [6.07, 6.45) is 2.37. The first kappa shape index (κ1) is 9.40. The Morgan fingerprint density at radius 3 is 2.75 bits per heavy atom. The molecule has 7 heteroatoms. The number of nitrogens with zero attached hydrogens (tertiary/aromatic N) is 1. The summed E-state index contributed by atoms with van der Waals surface area (Å²) >= 11 is 5.51. The van der Waals surface area contributed by atoms with Crippen molar-refractivity contribution in [3.8, 4) is 0 Å².